The van der Waals surface area contributed by atoms with Crippen LogP contribution in [0.1, 0.15) is 104 Å². The molecule has 0 amide bonds. The van der Waals surface area contributed by atoms with Gasteiger partial charge in [0, 0.05) is 5.56 Å². The Hall–Kier alpha value is -2.62. The Morgan fingerprint density at radius 3 is 1.74 bits per heavy atom. The predicted molar refractivity (Wildman–Crippen MR) is 156 cm³/mol. The number of hydrogen-bond donors (Lipinski definition) is 0. The number of unbranched alkanes of at least 4 members (excludes halogenated alkanes) is 12. The summed E-state index contributed by atoms with van der Waals surface area (Å²) in [6, 6.07) is 14.8. The fourth-order valence-corrected chi connectivity index (χ4v) is 4.84. The van der Waals surface area contributed by atoms with Crippen molar-refractivity contribution in [2.24, 2.45) is 0 Å². The molecule has 0 atom stereocenters. The molecule has 208 valence electrons. The van der Waals surface area contributed by atoms with Crippen LogP contribution in [0.15, 0.2) is 48.5 Å². The Kier molecular flexibility index (Phi) is 13.4. The van der Waals surface area contributed by atoms with Gasteiger partial charge in [0.1, 0.15) is 5.75 Å². The van der Waals surface area contributed by atoms with Gasteiger partial charge in [0.15, 0.2) is 11.6 Å². The summed E-state index contributed by atoms with van der Waals surface area (Å²) in [5.41, 5.74) is 0.885. The minimum Gasteiger partial charge on any atom is -0.494 e. The largest absolute Gasteiger partial charge is 0.494 e. The summed E-state index contributed by atoms with van der Waals surface area (Å²) in [5.74, 6) is -0.951. The van der Waals surface area contributed by atoms with E-state index in [1.807, 2.05) is 36.4 Å². The van der Waals surface area contributed by atoms with Crippen molar-refractivity contribution >= 4 is 10.8 Å². The Labute approximate surface area is 228 Å². The molecule has 0 saturated carbocycles. The highest BCUT2D eigenvalue weighted by atomic mass is 19.2. The molecule has 0 unspecified atom stereocenters. The van der Waals surface area contributed by atoms with Crippen molar-refractivity contribution in [3.8, 4) is 22.6 Å². The zero-order valence-electron chi connectivity index (χ0n) is 23.5. The van der Waals surface area contributed by atoms with Crippen LogP contribution in [0.3, 0.4) is 0 Å². The molecule has 0 spiro atoms. The van der Waals surface area contributed by atoms with Gasteiger partial charge in [-0.1, -0.05) is 109 Å². The second-order valence-corrected chi connectivity index (χ2v) is 10.4. The molecule has 38 heavy (non-hydrogen) atoms. The molecule has 0 aliphatic rings. The smallest absolute Gasteiger partial charge is 0.201 e. The van der Waals surface area contributed by atoms with E-state index in [2.05, 4.69) is 13.8 Å². The molecule has 2 nitrogen and oxygen atoms in total. The van der Waals surface area contributed by atoms with Crippen molar-refractivity contribution in [3.05, 3.63) is 60.2 Å². The van der Waals surface area contributed by atoms with Gasteiger partial charge in [0.05, 0.1) is 13.2 Å². The number of benzene rings is 3. The van der Waals surface area contributed by atoms with Gasteiger partial charge in [0.25, 0.3) is 0 Å². The van der Waals surface area contributed by atoms with Gasteiger partial charge in [-0.05, 0) is 59.5 Å². The van der Waals surface area contributed by atoms with Crippen molar-refractivity contribution in [3.63, 3.8) is 0 Å². The van der Waals surface area contributed by atoms with Crippen LogP contribution in [-0.2, 0) is 0 Å². The maximum atomic E-state index is 15.0. The first-order valence-electron chi connectivity index (χ1n) is 14.9. The first-order valence-corrected chi connectivity index (χ1v) is 14.9. The highest BCUT2D eigenvalue weighted by Crippen LogP contribution is 2.32. The van der Waals surface area contributed by atoms with Crippen molar-refractivity contribution in [1.82, 2.24) is 0 Å². The van der Waals surface area contributed by atoms with Crippen molar-refractivity contribution < 1.29 is 18.3 Å². The molecule has 0 aliphatic heterocycles. The van der Waals surface area contributed by atoms with E-state index >= 15 is 0 Å². The highest BCUT2D eigenvalue weighted by Gasteiger charge is 2.16. The Morgan fingerprint density at radius 2 is 1.08 bits per heavy atom. The van der Waals surface area contributed by atoms with Gasteiger partial charge in [-0.2, -0.15) is 4.39 Å². The van der Waals surface area contributed by atoms with E-state index in [-0.39, 0.29) is 11.3 Å². The van der Waals surface area contributed by atoms with Crippen molar-refractivity contribution in [1.29, 1.82) is 0 Å². The third kappa shape index (κ3) is 9.60. The molecule has 0 aromatic heterocycles. The standard InChI is InChI=1S/C34H46F2O2/c1-3-5-7-9-11-13-15-23-37-30-20-19-27-25-29(18-17-28(27)26-30)31-21-22-32(34(36)33(31)35)38-24-16-14-12-10-8-6-4-2/h17-22,25-26H,3-16,23-24H2,1-2H3. The number of hydrogen-bond acceptors (Lipinski definition) is 2. The molecule has 3 rings (SSSR count). The van der Waals surface area contributed by atoms with Crippen LogP contribution in [0.2, 0.25) is 0 Å². The van der Waals surface area contributed by atoms with Crippen LogP contribution >= 0.6 is 0 Å². The average Bonchev–Trinajstić information content (AvgIpc) is 2.93. The summed E-state index contributed by atoms with van der Waals surface area (Å²) in [5, 5.41) is 1.98. The number of fused-ring (bicyclic) bond motifs is 1. The van der Waals surface area contributed by atoms with Crippen LogP contribution in [0.25, 0.3) is 21.9 Å². The van der Waals surface area contributed by atoms with Gasteiger partial charge in [-0.25, -0.2) is 4.39 Å². The molecule has 0 bridgehead atoms. The third-order valence-electron chi connectivity index (χ3n) is 7.19. The van der Waals surface area contributed by atoms with E-state index in [0.717, 1.165) is 48.8 Å². The van der Waals surface area contributed by atoms with E-state index in [1.54, 1.807) is 12.1 Å². The van der Waals surface area contributed by atoms with Gasteiger partial charge in [-0.3, -0.25) is 0 Å². The van der Waals surface area contributed by atoms with Gasteiger partial charge < -0.3 is 9.47 Å². The summed E-state index contributed by atoms with van der Waals surface area (Å²) in [4.78, 5) is 0. The maximum absolute atomic E-state index is 15.0. The molecular weight excluding hydrogens is 478 g/mol. The maximum Gasteiger partial charge on any atom is 0.201 e. The number of ether oxygens (including phenoxy) is 2. The Balaban J connectivity index is 1.51. The Morgan fingerprint density at radius 1 is 0.526 bits per heavy atom. The van der Waals surface area contributed by atoms with E-state index in [4.69, 9.17) is 9.47 Å². The molecule has 3 aromatic carbocycles. The van der Waals surface area contributed by atoms with Crippen LogP contribution < -0.4 is 9.47 Å². The van der Waals surface area contributed by atoms with E-state index in [1.165, 1.54) is 64.2 Å². The summed E-state index contributed by atoms with van der Waals surface area (Å²) >= 11 is 0. The molecule has 0 radical (unpaired) electrons. The molecular formula is C34H46F2O2. The van der Waals surface area contributed by atoms with Gasteiger partial charge in [-0.15, -0.1) is 0 Å². The zero-order valence-corrected chi connectivity index (χ0v) is 23.5. The highest BCUT2D eigenvalue weighted by molar-refractivity contribution is 5.88. The number of halogens is 2. The quantitative estimate of drug-likeness (QED) is 0.145. The van der Waals surface area contributed by atoms with E-state index in [0.29, 0.717) is 12.2 Å². The fraction of sp³-hybridized carbons (Fsp3) is 0.529. The lowest BCUT2D eigenvalue weighted by molar-refractivity contribution is 0.285. The SMILES string of the molecule is CCCCCCCCCOc1ccc2cc(-c3ccc(OCCCCCCCCC)c(F)c3F)ccc2c1. The normalized spacial score (nSPS) is 11.3. The molecule has 4 heteroatoms. The monoisotopic (exact) mass is 524 g/mol. The molecule has 0 saturated heterocycles. The Bertz CT molecular complexity index is 1100. The van der Waals surface area contributed by atoms with Crippen molar-refractivity contribution in [2.45, 2.75) is 104 Å². The fourth-order valence-electron chi connectivity index (χ4n) is 4.84. The molecule has 0 fully saturated rings. The van der Waals surface area contributed by atoms with E-state index < -0.39 is 11.6 Å². The summed E-state index contributed by atoms with van der Waals surface area (Å²) < 4.78 is 41.2. The summed E-state index contributed by atoms with van der Waals surface area (Å²) in [6.07, 6.45) is 16.8. The molecule has 3 aromatic rings. The van der Waals surface area contributed by atoms with Crippen LogP contribution in [0.5, 0.6) is 11.5 Å². The second kappa shape index (κ2) is 17.1. The van der Waals surface area contributed by atoms with Crippen molar-refractivity contribution in [2.75, 3.05) is 13.2 Å². The summed E-state index contributed by atoms with van der Waals surface area (Å²) in [7, 11) is 0. The van der Waals surface area contributed by atoms with Crippen LogP contribution in [-0.4, -0.2) is 13.2 Å². The molecule has 0 heterocycles. The second-order valence-electron chi connectivity index (χ2n) is 10.4. The lowest BCUT2D eigenvalue weighted by Gasteiger charge is -2.12. The average molecular weight is 525 g/mol. The third-order valence-corrected chi connectivity index (χ3v) is 7.19. The predicted octanol–water partition coefficient (Wildman–Crippen LogP) is 11.0. The molecule has 0 aliphatic carbocycles. The summed E-state index contributed by atoms with van der Waals surface area (Å²) in [6.45, 7) is 5.57. The first-order chi connectivity index (χ1) is 18.6. The zero-order chi connectivity index (χ0) is 27.0. The van der Waals surface area contributed by atoms with E-state index in [9.17, 15) is 8.78 Å². The topological polar surface area (TPSA) is 18.5 Å². The number of rotatable bonds is 19. The van der Waals surface area contributed by atoms with Crippen LogP contribution in [0, 0.1) is 11.6 Å². The van der Waals surface area contributed by atoms with Gasteiger partial charge in [0.2, 0.25) is 5.82 Å². The van der Waals surface area contributed by atoms with Gasteiger partial charge >= 0.3 is 0 Å². The lowest BCUT2D eigenvalue weighted by atomic mass is 10.0. The molecule has 0 N–H and O–H groups in total. The lowest BCUT2D eigenvalue weighted by Crippen LogP contribution is -2.01. The minimum absolute atomic E-state index is 0.0132. The van der Waals surface area contributed by atoms with Crippen LogP contribution in [0.4, 0.5) is 8.78 Å². The minimum atomic E-state index is -0.917. The first kappa shape index (κ1) is 29.9.